The van der Waals surface area contributed by atoms with Crippen LogP contribution < -0.4 is 10.6 Å². The summed E-state index contributed by atoms with van der Waals surface area (Å²) in [6.45, 7) is 1.56. The Morgan fingerprint density at radius 2 is 2.09 bits per heavy atom. The van der Waals surface area contributed by atoms with Crippen LogP contribution in [0.5, 0.6) is 0 Å². The van der Waals surface area contributed by atoms with Gasteiger partial charge in [-0.15, -0.1) is 11.3 Å². The molecule has 0 unspecified atom stereocenters. The van der Waals surface area contributed by atoms with Crippen molar-refractivity contribution in [2.45, 2.75) is 25.3 Å². The minimum Gasteiger partial charge on any atom is -0.369 e. The molecule has 164 valence electrons. The number of rotatable bonds is 5. The standard InChI is InChI=1S/C23H21F2N5OS/c24-16-4-1-5-17(25)20(16)23-29-18(12-32-23)19(31)9-13-10-28-22-15(6-7-27-22)21(13)30-8-2-3-14(26)11-30/h1,4-7,10,12,14H,2-3,8-9,11,26H2,(H,27,28)/t14-/m0/s1. The minimum atomic E-state index is -0.704. The highest BCUT2D eigenvalue weighted by Gasteiger charge is 2.24. The third kappa shape index (κ3) is 3.78. The van der Waals surface area contributed by atoms with Crippen molar-refractivity contribution in [1.82, 2.24) is 15.0 Å². The number of nitrogens with two attached hydrogens (primary N) is 1. The van der Waals surface area contributed by atoms with Gasteiger partial charge >= 0.3 is 0 Å². The van der Waals surface area contributed by atoms with Crippen molar-refractivity contribution >= 4 is 33.8 Å². The number of ketones is 1. The molecule has 3 aromatic heterocycles. The van der Waals surface area contributed by atoms with Gasteiger partial charge in [0.15, 0.2) is 5.78 Å². The summed E-state index contributed by atoms with van der Waals surface area (Å²) in [7, 11) is 0. The van der Waals surface area contributed by atoms with Crippen LogP contribution in [0.15, 0.2) is 42.0 Å². The molecule has 1 atom stereocenters. The number of hydrogen-bond donors (Lipinski definition) is 2. The number of carbonyl (C=O) groups excluding carboxylic acids is 1. The normalized spacial score (nSPS) is 16.6. The highest BCUT2D eigenvalue weighted by atomic mass is 32.1. The number of Topliss-reactive ketones (excluding diaryl/α,β-unsaturated/α-hetero) is 1. The number of benzene rings is 1. The molecule has 0 amide bonds. The first-order chi connectivity index (χ1) is 15.5. The van der Waals surface area contributed by atoms with Crippen molar-refractivity contribution in [1.29, 1.82) is 0 Å². The lowest BCUT2D eigenvalue weighted by Gasteiger charge is -2.34. The van der Waals surface area contributed by atoms with Crippen molar-refractivity contribution in [3.63, 3.8) is 0 Å². The summed E-state index contributed by atoms with van der Waals surface area (Å²) >= 11 is 1.05. The number of fused-ring (bicyclic) bond motifs is 1. The van der Waals surface area contributed by atoms with Gasteiger partial charge in [0, 0.05) is 54.3 Å². The molecule has 0 aliphatic carbocycles. The molecule has 1 fully saturated rings. The summed E-state index contributed by atoms with van der Waals surface area (Å²) in [5, 5.41) is 2.63. The second kappa shape index (κ2) is 8.40. The molecule has 0 radical (unpaired) electrons. The quantitative estimate of drug-likeness (QED) is 0.440. The SMILES string of the molecule is N[C@H]1CCCN(c2c(CC(=O)c3csc(-c4c(F)cccc4F)n3)cnc3[nH]ccc23)C1. The number of hydrogen-bond acceptors (Lipinski definition) is 6. The second-order valence-electron chi connectivity index (χ2n) is 7.95. The predicted molar refractivity (Wildman–Crippen MR) is 121 cm³/mol. The fraction of sp³-hybridized carbons (Fsp3) is 0.261. The van der Waals surface area contributed by atoms with E-state index >= 15 is 0 Å². The average Bonchev–Trinajstić information content (AvgIpc) is 3.43. The average molecular weight is 454 g/mol. The lowest BCUT2D eigenvalue weighted by atomic mass is 10.0. The number of nitrogens with zero attached hydrogens (tertiary/aromatic N) is 3. The molecule has 9 heteroatoms. The van der Waals surface area contributed by atoms with Gasteiger partial charge in [-0.2, -0.15) is 0 Å². The zero-order chi connectivity index (χ0) is 22.2. The summed E-state index contributed by atoms with van der Waals surface area (Å²) in [5.41, 5.74) is 8.66. The van der Waals surface area contributed by atoms with Crippen LogP contribution in [0.1, 0.15) is 28.9 Å². The van der Waals surface area contributed by atoms with E-state index in [1.165, 1.54) is 18.2 Å². The predicted octanol–water partition coefficient (Wildman–Crippen LogP) is 4.32. The van der Waals surface area contributed by atoms with E-state index in [4.69, 9.17) is 5.73 Å². The van der Waals surface area contributed by atoms with E-state index in [-0.39, 0.29) is 34.5 Å². The van der Waals surface area contributed by atoms with E-state index in [2.05, 4.69) is 19.9 Å². The zero-order valence-corrected chi connectivity index (χ0v) is 18.0. The van der Waals surface area contributed by atoms with Crippen molar-refractivity contribution in [2.75, 3.05) is 18.0 Å². The summed E-state index contributed by atoms with van der Waals surface area (Å²) in [6.07, 6.45) is 5.56. The highest BCUT2D eigenvalue weighted by molar-refractivity contribution is 7.13. The van der Waals surface area contributed by atoms with Gasteiger partial charge in [0.1, 0.15) is 28.0 Å². The lowest BCUT2D eigenvalue weighted by Crippen LogP contribution is -2.43. The molecular weight excluding hydrogens is 432 g/mol. The van der Waals surface area contributed by atoms with Gasteiger partial charge in [0.05, 0.1) is 11.3 Å². The van der Waals surface area contributed by atoms with Crippen LogP contribution in [0.2, 0.25) is 0 Å². The number of piperidine rings is 1. The van der Waals surface area contributed by atoms with Crippen LogP contribution in [-0.2, 0) is 6.42 Å². The number of aromatic nitrogens is 3. The van der Waals surface area contributed by atoms with E-state index in [0.717, 1.165) is 53.0 Å². The van der Waals surface area contributed by atoms with Crippen LogP contribution in [-0.4, -0.2) is 39.9 Å². The first-order valence-electron chi connectivity index (χ1n) is 10.4. The maximum absolute atomic E-state index is 14.1. The fourth-order valence-corrected chi connectivity index (χ4v) is 5.10. The fourth-order valence-electron chi connectivity index (χ4n) is 4.23. The van der Waals surface area contributed by atoms with Gasteiger partial charge < -0.3 is 15.6 Å². The van der Waals surface area contributed by atoms with Gasteiger partial charge in [0.2, 0.25) is 0 Å². The molecule has 4 aromatic rings. The largest absolute Gasteiger partial charge is 0.369 e. The summed E-state index contributed by atoms with van der Waals surface area (Å²) in [5.74, 6) is -1.64. The summed E-state index contributed by atoms with van der Waals surface area (Å²) in [4.78, 5) is 27.1. The van der Waals surface area contributed by atoms with Crippen molar-refractivity contribution in [2.24, 2.45) is 5.73 Å². The number of anilines is 1. The summed E-state index contributed by atoms with van der Waals surface area (Å²) in [6, 6.07) is 5.68. The molecule has 5 rings (SSSR count). The van der Waals surface area contributed by atoms with Crippen molar-refractivity contribution in [3.8, 4) is 10.6 Å². The maximum atomic E-state index is 14.1. The molecule has 1 aliphatic heterocycles. The van der Waals surface area contributed by atoms with Crippen LogP contribution in [0.25, 0.3) is 21.6 Å². The van der Waals surface area contributed by atoms with Gasteiger partial charge in [0.25, 0.3) is 0 Å². The van der Waals surface area contributed by atoms with Gasteiger partial charge in [-0.05, 0) is 31.0 Å². The molecule has 1 aromatic carbocycles. The van der Waals surface area contributed by atoms with Gasteiger partial charge in [-0.1, -0.05) is 6.07 Å². The minimum absolute atomic E-state index is 0.0752. The molecule has 1 aliphatic rings. The second-order valence-corrected chi connectivity index (χ2v) is 8.81. The Morgan fingerprint density at radius 1 is 1.28 bits per heavy atom. The Bertz CT molecular complexity index is 1280. The number of pyridine rings is 1. The third-order valence-electron chi connectivity index (χ3n) is 5.73. The Balaban J connectivity index is 1.47. The number of aromatic amines is 1. The van der Waals surface area contributed by atoms with Crippen LogP contribution in [0, 0.1) is 11.6 Å². The van der Waals surface area contributed by atoms with E-state index in [9.17, 15) is 13.6 Å². The Hall–Kier alpha value is -3.17. The van der Waals surface area contributed by atoms with E-state index in [0.29, 0.717) is 6.54 Å². The molecule has 32 heavy (non-hydrogen) atoms. The van der Waals surface area contributed by atoms with E-state index in [1.54, 1.807) is 11.6 Å². The Kier molecular flexibility index (Phi) is 5.44. The van der Waals surface area contributed by atoms with Gasteiger partial charge in [-0.25, -0.2) is 18.7 Å². The van der Waals surface area contributed by atoms with Crippen LogP contribution >= 0.6 is 11.3 Å². The highest BCUT2D eigenvalue weighted by Crippen LogP contribution is 2.33. The van der Waals surface area contributed by atoms with E-state index < -0.39 is 11.6 Å². The molecule has 1 saturated heterocycles. The maximum Gasteiger partial charge on any atom is 0.186 e. The summed E-state index contributed by atoms with van der Waals surface area (Å²) < 4.78 is 28.2. The Morgan fingerprint density at radius 3 is 2.88 bits per heavy atom. The first-order valence-corrected chi connectivity index (χ1v) is 11.3. The molecule has 3 N–H and O–H groups in total. The number of thiazole rings is 1. The molecular formula is C23H21F2N5OS. The van der Waals surface area contributed by atoms with E-state index in [1.807, 2.05) is 12.3 Å². The number of nitrogens with one attached hydrogen (secondary N) is 1. The van der Waals surface area contributed by atoms with Gasteiger partial charge in [-0.3, -0.25) is 4.79 Å². The molecule has 0 bridgehead atoms. The Labute approximate surface area is 187 Å². The molecule has 0 spiro atoms. The molecule has 0 saturated carbocycles. The lowest BCUT2D eigenvalue weighted by molar-refractivity contribution is 0.0989. The van der Waals surface area contributed by atoms with Crippen LogP contribution in [0.4, 0.5) is 14.5 Å². The number of H-pyrrole nitrogens is 1. The molecule has 6 nitrogen and oxygen atoms in total. The zero-order valence-electron chi connectivity index (χ0n) is 17.1. The van der Waals surface area contributed by atoms with Crippen LogP contribution in [0.3, 0.4) is 0 Å². The number of carbonyl (C=O) groups is 1. The third-order valence-corrected chi connectivity index (χ3v) is 6.59. The van der Waals surface area contributed by atoms with Crippen molar-refractivity contribution < 1.29 is 13.6 Å². The number of halogens is 2. The first kappa shape index (κ1) is 20.7. The van der Waals surface area contributed by atoms with Crippen molar-refractivity contribution in [3.05, 3.63) is 64.9 Å². The topological polar surface area (TPSA) is 87.9 Å². The monoisotopic (exact) mass is 453 g/mol. The smallest absolute Gasteiger partial charge is 0.186 e. The molecule has 4 heterocycles.